The van der Waals surface area contributed by atoms with Crippen molar-refractivity contribution in [1.82, 2.24) is 5.32 Å². The zero-order chi connectivity index (χ0) is 10.8. The number of hydrogen-bond donors (Lipinski definition) is 1. The lowest BCUT2D eigenvalue weighted by molar-refractivity contribution is 0.257. The van der Waals surface area contributed by atoms with E-state index in [0.29, 0.717) is 6.04 Å². The lowest BCUT2D eigenvalue weighted by Crippen LogP contribution is -2.38. The van der Waals surface area contributed by atoms with Gasteiger partial charge in [0.15, 0.2) is 0 Å². The summed E-state index contributed by atoms with van der Waals surface area (Å²) >= 11 is 0. The Bertz CT molecular complexity index is 258. The summed E-state index contributed by atoms with van der Waals surface area (Å²) in [6.45, 7) is 11.0. The van der Waals surface area contributed by atoms with Gasteiger partial charge >= 0.3 is 0 Å². The second kappa shape index (κ2) is 4.18. The van der Waals surface area contributed by atoms with Gasteiger partial charge in [-0.15, -0.1) is 0 Å². The van der Waals surface area contributed by atoms with Gasteiger partial charge in [-0.1, -0.05) is 20.8 Å². The molecule has 0 fully saturated rings. The van der Waals surface area contributed by atoms with Gasteiger partial charge in [-0.3, -0.25) is 0 Å². The van der Waals surface area contributed by atoms with Crippen LogP contribution in [0, 0.1) is 5.41 Å². The third-order valence-electron chi connectivity index (χ3n) is 2.77. The smallest absolute Gasteiger partial charge is 0.120 e. The van der Waals surface area contributed by atoms with Crippen molar-refractivity contribution in [3.05, 3.63) is 24.2 Å². The molecule has 1 rings (SSSR count). The monoisotopic (exact) mass is 195 g/mol. The fourth-order valence-electron chi connectivity index (χ4n) is 1.24. The Morgan fingerprint density at radius 3 is 2.36 bits per heavy atom. The third kappa shape index (κ3) is 2.88. The standard InChI is InChI=1S/C12H21NO/c1-9(11-7-6-8-14-11)13-10(2)12(3,4)5/h6-10,13H,1-5H3. The molecule has 0 spiro atoms. The van der Waals surface area contributed by atoms with Gasteiger partial charge < -0.3 is 9.73 Å². The molecule has 0 bridgehead atoms. The Kier molecular flexibility index (Phi) is 3.38. The van der Waals surface area contributed by atoms with Gasteiger partial charge in [-0.25, -0.2) is 0 Å². The van der Waals surface area contributed by atoms with Gasteiger partial charge in [0.1, 0.15) is 5.76 Å². The van der Waals surface area contributed by atoms with Gasteiger partial charge in [0.25, 0.3) is 0 Å². The predicted molar refractivity (Wildman–Crippen MR) is 59.2 cm³/mol. The van der Waals surface area contributed by atoms with E-state index in [0.717, 1.165) is 5.76 Å². The van der Waals surface area contributed by atoms with Crippen LogP contribution in [0.4, 0.5) is 0 Å². The van der Waals surface area contributed by atoms with Crippen molar-refractivity contribution < 1.29 is 4.42 Å². The number of hydrogen-bond acceptors (Lipinski definition) is 2. The molecule has 0 aliphatic carbocycles. The van der Waals surface area contributed by atoms with E-state index >= 15 is 0 Å². The highest BCUT2D eigenvalue weighted by Gasteiger charge is 2.22. The van der Waals surface area contributed by atoms with Crippen LogP contribution < -0.4 is 5.32 Å². The van der Waals surface area contributed by atoms with E-state index in [1.165, 1.54) is 0 Å². The van der Waals surface area contributed by atoms with Crippen molar-refractivity contribution in [1.29, 1.82) is 0 Å². The van der Waals surface area contributed by atoms with Crippen LogP contribution in [-0.4, -0.2) is 6.04 Å². The van der Waals surface area contributed by atoms with E-state index in [9.17, 15) is 0 Å². The molecule has 0 aliphatic rings. The Morgan fingerprint density at radius 2 is 1.93 bits per heavy atom. The molecule has 0 saturated carbocycles. The molecular formula is C12H21NO. The summed E-state index contributed by atoms with van der Waals surface area (Å²) in [6, 6.07) is 4.67. The molecule has 2 unspecified atom stereocenters. The van der Waals surface area contributed by atoms with Crippen LogP contribution in [0.3, 0.4) is 0 Å². The first-order chi connectivity index (χ1) is 6.41. The molecule has 0 saturated heterocycles. The van der Waals surface area contributed by atoms with Crippen LogP contribution in [0.2, 0.25) is 0 Å². The summed E-state index contributed by atoms with van der Waals surface area (Å²) in [4.78, 5) is 0. The molecule has 0 aliphatic heterocycles. The molecule has 1 N–H and O–H groups in total. The van der Waals surface area contributed by atoms with Gasteiger partial charge in [0.05, 0.1) is 12.3 Å². The summed E-state index contributed by atoms with van der Waals surface area (Å²) in [5.41, 5.74) is 0.279. The quantitative estimate of drug-likeness (QED) is 0.800. The number of rotatable bonds is 3. The van der Waals surface area contributed by atoms with Crippen molar-refractivity contribution in [3.8, 4) is 0 Å². The van der Waals surface area contributed by atoms with E-state index in [2.05, 4.69) is 39.9 Å². The average molecular weight is 195 g/mol. The summed E-state index contributed by atoms with van der Waals surface area (Å²) < 4.78 is 5.35. The SMILES string of the molecule is CC(NC(C)C(C)(C)C)c1ccco1. The van der Waals surface area contributed by atoms with Crippen LogP contribution in [-0.2, 0) is 0 Å². The van der Waals surface area contributed by atoms with E-state index in [-0.39, 0.29) is 11.5 Å². The second-order valence-electron chi connectivity index (χ2n) is 4.99. The molecule has 1 aromatic heterocycles. The fraction of sp³-hybridized carbons (Fsp3) is 0.667. The van der Waals surface area contributed by atoms with Crippen LogP contribution in [0.5, 0.6) is 0 Å². The first-order valence-electron chi connectivity index (χ1n) is 5.20. The highest BCUT2D eigenvalue weighted by Crippen LogP contribution is 2.22. The molecule has 2 atom stereocenters. The summed E-state index contributed by atoms with van der Waals surface area (Å²) in [5, 5.41) is 3.53. The Morgan fingerprint density at radius 1 is 1.29 bits per heavy atom. The van der Waals surface area contributed by atoms with Crippen LogP contribution in [0.25, 0.3) is 0 Å². The normalized spacial score (nSPS) is 16.6. The minimum Gasteiger partial charge on any atom is -0.468 e. The van der Waals surface area contributed by atoms with Gasteiger partial charge in [-0.2, -0.15) is 0 Å². The van der Waals surface area contributed by atoms with Crippen molar-refractivity contribution in [2.45, 2.75) is 46.7 Å². The summed E-state index contributed by atoms with van der Waals surface area (Å²) in [6.07, 6.45) is 1.72. The van der Waals surface area contributed by atoms with Crippen LogP contribution >= 0.6 is 0 Å². The van der Waals surface area contributed by atoms with E-state index in [1.807, 2.05) is 12.1 Å². The average Bonchev–Trinajstić information content (AvgIpc) is 2.53. The Labute approximate surface area is 86.7 Å². The summed E-state index contributed by atoms with van der Waals surface area (Å²) in [5.74, 6) is 1.00. The van der Waals surface area contributed by atoms with Crippen molar-refractivity contribution in [2.24, 2.45) is 5.41 Å². The fourth-order valence-corrected chi connectivity index (χ4v) is 1.24. The maximum atomic E-state index is 5.35. The second-order valence-corrected chi connectivity index (χ2v) is 4.99. The largest absolute Gasteiger partial charge is 0.468 e. The molecule has 2 nitrogen and oxygen atoms in total. The third-order valence-corrected chi connectivity index (χ3v) is 2.77. The maximum Gasteiger partial charge on any atom is 0.120 e. The molecule has 2 heteroatoms. The highest BCUT2D eigenvalue weighted by atomic mass is 16.3. The molecule has 0 radical (unpaired) electrons. The van der Waals surface area contributed by atoms with Crippen molar-refractivity contribution in [3.63, 3.8) is 0 Å². The van der Waals surface area contributed by atoms with E-state index < -0.39 is 0 Å². The van der Waals surface area contributed by atoms with E-state index in [1.54, 1.807) is 6.26 Å². The van der Waals surface area contributed by atoms with Crippen LogP contribution in [0.1, 0.15) is 46.4 Å². The highest BCUT2D eigenvalue weighted by molar-refractivity contribution is 5.03. The molecule has 1 aromatic rings. The topological polar surface area (TPSA) is 25.2 Å². The summed E-state index contributed by atoms with van der Waals surface area (Å²) in [7, 11) is 0. The number of furan rings is 1. The molecule has 0 amide bonds. The minimum absolute atomic E-state index is 0.277. The first kappa shape index (κ1) is 11.3. The van der Waals surface area contributed by atoms with Crippen molar-refractivity contribution in [2.75, 3.05) is 0 Å². The minimum atomic E-state index is 0.277. The lowest BCUT2D eigenvalue weighted by Gasteiger charge is -2.30. The predicted octanol–water partition coefficient (Wildman–Crippen LogP) is 3.36. The molecule has 80 valence electrons. The lowest BCUT2D eigenvalue weighted by atomic mass is 9.87. The molecule has 0 aromatic carbocycles. The Balaban J connectivity index is 2.53. The van der Waals surface area contributed by atoms with Crippen LogP contribution in [0.15, 0.2) is 22.8 Å². The first-order valence-corrected chi connectivity index (χ1v) is 5.20. The molecule has 14 heavy (non-hydrogen) atoms. The molecule has 1 heterocycles. The van der Waals surface area contributed by atoms with E-state index in [4.69, 9.17) is 4.42 Å². The number of nitrogens with one attached hydrogen (secondary N) is 1. The zero-order valence-electron chi connectivity index (χ0n) is 9.79. The zero-order valence-corrected chi connectivity index (χ0v) is 9.79. The molecular weight excluding hydrogens is 174 g/mol. The van der Waals surface area contributed by atoms with Crippen molar-refractivity contribution >= 4 is 0 Å². The van der Waals surface area contributed by atoms with Gasteiger partial charge in [-0.05, 0) is 31.4 Å². The maximum absolute atomic E-state index is 5.35. The Hall–Kier alpha value is -0.760. The van der Waals surface area contributed by atoms with Gasteiger partial charge in [0, 0.05) is 6.04 Å². The van der Waals surface area contributed by atoms with Gasteiger partial charge in [0.2, 0.25) is 0 Å².